The molecule has 1 aliphatic rings. The molecule has 0 saturated heterocycles. The third-order valence-corrected chi connectivity index (χ3v) is 7.32. The molecule has 10 heteroatoms. The van der Waals surface area contributed by atoms with Crippen LogP contribution in [0.2, 0.25) is 10.0 Å². The van der Waals surface area contributed by atoms with E-state index in [9.17, 15) is 24.3 Å². The van der Waals surface area contributed by atoms with E-state index in [0.717, 1.165) is 12.8 Å². The number of carbonyl (C=O) groups excluding carboxylic acids is 3. The average Bonchev–Trinajstić information content (AvgIpc) is 3.32. The molecule has 8 nitrogen and oxygen atoms in total. The first-order valence-corrected chi connectivity index (χ1v) is 13.0. The van der Waals surface area contributed by atoms with Gasteiger partial charge in [-0.2, -0.15) is 0 Å². The number of carboxylic acid groups (broad SMARTS) is 1. The van der Waals surface area contributed by atoms with Crippen LogP contribution in [-0.2, 0) is 20.8 Å². The lowest BCUT2D eigenvalue weighted by Gasteiger charge is -2.29. The monoisotopic (exact) mass is 547 g/mol. The number of hydrogen-bond donors (Lipinski definition) is 4. The maximum Gasteiger partial charge on any atom is 0.326 e. The fourth-order valence-electron chi connectivity index (χ4n) is 4.71. The number of carbonyl (C=O) groups is 4. The summed E-state index contributed by atoms with van der Waals surface area (Å²) in [5, 5.41) is 18.5. The van der Waals surface area contributed by atoms with E-state index >= 15 is 0 Å². The van der Waals surface area contributed by atoms with E-state index in [1.165, 1.54) is 6.92 Å². The minimum Gasteiger partial charge on any atom is -0.480 e. The molecule has 198 valence electrons. The van der Waals surface area contributed by atoms with Crippen LogP contribution in [0, 0.1) is 5.41 Å². The lowest BCUT2D eigenvalue weighted by molar-refractivity contribution is -0.144. The zero-order valence-corrected chi connectivity index (χ0v) is 22.1. The van der Waals surface area contributed by atoms with Gasteiger partial charge in [0.25, 0.3) is 5.91 Å². The number of halogens is 2. The maximum atomic E-state index is 13.2. The van der Waals surface area contributed by atoms with Crippen molar-refractivity contribution in [3.8, 4) is 0 Å². The standard InChI is InChI=1S/C27H31Cl2N3O5/c1-17(33)30-15-5-14-27(12-2-3-13-27)26(37)32-22(25(35)36)16-18-8-10-19(11-9-18)31-24(34)23-20(28)6-4-7-21(23)29/h4,6-11,22H,2-3,5,12-16H2,1H3,(H,30,33)(H,31,34)(H,32,37)(H,35,36). The first kappa shape index (κ1) is 28.5. The number of aliphatic carboxylic acids is 1. The van der Waals surface area contributed by atoms with Gasteiger partial charge in [0.05, 0.1) is 15.6 Å². The number of anilines is 1. The number of amides is 3. The summed E-state index contributed by atoms with van der Waals surface area (Å²) >= 11 is 12.2. The molecule has 2 aromatic rings. The van der Waals surface area contributed by atoms with Gasteiger partial charge < -0.3 is 21.1 Å². The summed E-state index contributed by atoms with van der Waals surface area (Å²) in [5.74, 6) is -1.94. The van der Waals surface area contributed by atoms with Crippen LogP contribution in [0.15, 0.2) is 42.5 Å². The third kappa shape index (κ3) is 7.69. The fraction of sp³-hybridized carbons (Fsp3) is 0.407. The van der Waals surface area contributed by atoms with Crippen LogP contribution in [-0.4, -0.2) is 41.4 Å². The molecule has 1 saturated carbocycles. The van der Waals surface area contributed by atoms with Gasteiger partial charge in [-0.1, -0.05) is 54.2 Å². The Morgan fingerprint density at radius 3 is 2.19 bits per heavy atom. The molecule has 3 amide bonds. The van der Waals surface area contributed by atoms with Crippen molar-refractivity contribution >= 4 is 52.6 Å². The van der Waals surface area contributed by atoms with Crippen LogP contribution in [0.4, 0.5) is 5.69 Å². The van der Waals surface area contributed by atoms with Crippen molar-refractivity contribution in [1.29, 1.82) is 0 Å². The second-order valence-electron chi connectivity index (χ2n) is 9.39. The number of rotatable bonds is 11. The Hall–Kier alpha value is -3.10. The van der Waals surface area contributed by atoms with Gasteiger partial charge in [-0.15, -0.1) is 0 Å². The predicted octanol–water partition coefficient (Wildman–Crippen LogP) is 4.83. The number of benzene rings is 2. The summed E-state index contributed by atoms with van der Waals surface area (Å²) in [4.78, 5) is 48.9. The Labute approximate surface area is 226 Å². The van der Waals surface area contributed by atoms with Gasteiger partial charge in [0.15, 0.2) is 0 Å². The lowest BCUT2D eigenvalue weighted by atomic mass is 9.80. The molecule has 0 aromatic heterocycles. The molecule has 2 aromatic carbocycles. The van der Waals surface area contributed by atoms with E-state index in [0.29, 0.717) is 43.5 Å². The summed E-state index contributed by atoms with van der Waals surface area (Å²) in [6.07, 6.45) is 4.57. The van der Waals surface area contributed by atoms with Crippen LogP contribution in [0.5, 0.6) is 0 Å². The molecule has 3 rings (SSSR count). The highest BCUT2D eigenvalue weighted by molar-refractivity contribution is 6.40. The smallest absolute Gasteiger partial charge is 0.326 e. The second-order valence-corrected chi connectivity index (χ2v) is 10.2. The Bertz CT molecular complexity index is 1130. The van der Waals surface area contributed by atoms with Gasteiger partial charge in [-0.25, -0.2) is 4.79 Å². The van der Waals surface area contributed by atoms with E-state index in [2.05, 4.69) is 16.0 Å². The molecule has 0 radical (unpaired) electrons. The third-order valence-electron chi connectivity index (χ3n) is 6.69. The van der Waals surface area contributed by atoms with Gasteiger partial charge in [0.1, 0.15) is 6.04 Å². The summed E-state index contributed by atoms with van der Waals surface area (Å²) in [7, 11) is 0. The van der Waals surface area contributed by atoms with Crippen LogP contribution >= 0.6 is 23.2 Å². The second kappa shape index (κ2) is 12.9. The van der Waals surface area contributed by atoms with Crippen molar-refractivity contribution in [1.82, 2.24) is 10.6 Å². The van der Waals surface area contributed by atoms with E-state index < -0.39 is 23.3 Å². The molecular weight excluding hydrogens is 517 g/mol. The quantitative estimate of drug-likeness (QED) is 0.300. The molecule has 0 spiro atoms. The largest absolute Gasteiger partial charge is 0.480 e. The molecule has 4 N–H and O–H groups in total. The predicted molar refractivity (Wildman–Crippen MR) is 143 cm³/mol. The SMILES string of the molecule is CC(=O)NCCCC1(C(=O)NC(Cc2ccc(NC(=O)c3c(Cl)cccc3Cl)cc2)C(=O)O)CCCC1. The Morgan fingerprint density at radius 2 is 1.62 bits per heavy atom. The van der Waals surface area contributed by atoms with Gasteiger partial charge in [-0.3, -0.25) is 14.4 Å². The first-order valence-electron chi connectivity index (χ1n) is 12.2. The Morgan fingerprint density at radius 1 is 1.00 bits per heavy atom. The van der Waals surface area contributed by atoms with Gasteiger partial charge in [0.2, 0.25) is 11.8 Å². The normalized spacial score (nSPS) is 15.0. The number of carboxylic acids is 1. The minimum atomic E-state index is -1.12. The van der Waals surface area contributed by atoms with Crippen molar-refractivity contribution in [3.05, 3.63) is 63.6 Å². The Kier molecular flexibility index (Phi) is 9.94. The van der Waals surface area contributed by atoms with E-state index in [1.54, 1.807) is 42.5 Å². The highest BCUT2D eigenvalue weighted by atomic mass is 35.5. The van der Waals surface area contributed by atoms with Gasteiger partial charge >= 0.3 is 5.97 Å². The summed E-state index contributed by atoms with van der Waals surface area (Å²) in [6, 6.07) is 10.4. The molecular formula is C27H31Cl2N3O5. The molecule has 0 heterocycles. The molecule has 1 aliphatic carbocycles. The van der Waals surface area contributed by atoms with Crippen LogP contribution in [0.1, 0.15) is 61.4 Å². The van der Waals surface area contributed by atoms with Crippen LogP contribution < -0.4 is 16.0 Å². The van der Waals surface area contributed by atoms with Crippen LogP contribution in [0.3, 0.4) is 0 Å². The molecule has 1 atom stereocenters. The highest BCUT2D eigenvalue weighted by Gasteiger charge is 2.41. The molecule has 37 heavy (non-hydrogen) atoms. The van der Waals surface area contributed by atoms with Gasteiger partial charge in [-0.05, 0) is 55.5 Å². The molecule has 0 bridgehead atoms. The van der Waals surface area contributed by atoms with Crippen molar-refractivity contribution < 1.29 is 24.3 Å². The van der Waals surface area contributed by atoms with Gasteiger partial charge in [0, 0.05) is 31.0 Å². The highest BCUT2D eigenvalue weighted by Crippen LogP contribution is 2.42. The minimum absolute atomic E-state index is 0.0909. The van der Waals surface area contributed by atoms with Crippen molar-refractivity contribution in [2.75, 3.05) is 11.9 Å². The molecule has 1 unspecified atom stereocenters. The van der Waals surface area contributed by atoms with E-state index in [1.807, 2.05) is 0 Å². The fourth-order valence-corrected chi connectivity index (χ4v) is 5.28. The molecule has 0 aliphatic heterocycles. The van der Waals surface area contributed by atoms with E-state index in [-0.39, 0.29) is 33.8 Å². The van der Waals surface area contributed by atoms with E-state index in [4.69, 9.17) is 23.2 Å². The van der Waals surface area contributed by atoms with Crippen molar-refractivity contribution in [2.45, 2.75) is 57.9 Å². The zero-order chi connectivity index (χ0) is 27.0. The maximum absolute atomic E-state index is 13.2. The number of hydrogen-bond acceptors (Lipinski definition) is 4. The summed E-state index contributed by atoms with van der Waals surface area (Å²) in [5.41, 5.74) is 0.735. The first-order chi connectivity index (χ1) is 17.6. The van der Waals surface area contributed by atoms with Crippen LogP contribution in [0.25, 0.3) is 0 Å². The average molecular weight is 548 g/mol. The van der Waals surface area contributed by atoms with Crippen molar-refractivity contribution in [3.63, 3.8) is 0 Å². The topological polar surface area (TPSA) is 125 Å². The number of nitrogens with one attached hydrogen (secondary N) is 3. The molecule has 1 fully saturated rings. The van der Waals surface area contributed by atoms with Crippen molar-refractivity contribution in [2.24, 2.45) is 5.41 Å². The summed E-state index contributed by atoms with van der Waals surface area (Å²) in [6.45, 7) is 1.93. The summed E-state index contributed by atoms with van der Waals surface area (Å²) < 4.78 is 0. The Balaban J connectivity index is 1.62. The lowest BCUT2D eigenvalue weighted by Crippen LogP contribution is -2.49. The zero-order valence-electron chi connectivity index (χ0n) is 20.6.